The summed E-state index contributed by atoms with van der Waals surface area (Å²) < 4.78 is 10.6. The van der Waals surface area contributed by atoms with Crippen molar-refractivity contribution in [1.29, 1.82) is 0 Å². The summed E-state index contributed by atoms with van der Waals surface area (Å²) >= 11 is 4.21. The van der Waals surface area contributed by atoms with E-state index in [0.717, 1.165) is 30.3 Å². The first kappa shape index (κ1) is 10.6. The molecular formula is C11H15NO2S. The average molecular weight is 225 g/mol. The predicted octanol–water partition coefficient (Wildman–Crippen LogP) is 1.78. The number of ether oxygens (including phenoxy) is 2. The summed E-state index contributed by atoms with van der Waals surface area (Å²) in [4.78, 5) is 2.16. The van der Waals surface area contributed by atoms with Crippen LogP contribution in [0.5, 0.6) is 11.5 Å². The Kier molecular flexibility index (Phi) is 3.38. The van der Waals surface area contributed by atoms with Gasteiger partial charge in [0.1, 0.15) is 0 Å². The molecule has 4 heteroatoms. The van der Waals surface area contributed by atoms with Gasteiger partial charge in [0.2, 0.25) is 6.79 Å². The molecule has 0 aromatic heterocycles. The molecule has 0 N–H and O–H groups in total. The van der Waals surface area contributed by atoms with Gasteiger partial charge in [-0.2, -0.15) is 12.6 Å². The topological polar surface area (TPSA) is 21.7 Å². The maximum atomic E-state index is 5.32. The Hall–Kier alpha value is -0.870. The predicted molar refractivity (Wildman–Crippen MR) is 62.8 cm³/mol. The molecule has 0 fully saturated rings. The van der Waals surface area contributed by atoms with Crippen molar-refractivity contribution < 1.29 is 9.47 Å². The van der Waals surface area contributed by atoms with Crippen LogP contribution in [0.2, 0.25) is 0 Å². The van der Waals surface area contributed by atoms with Crippen LogP contribution in [0.4, 0.5) is 0 Å². The molecule has 0 aliphatic carbocycles. The van der Waals surface area contributed by atoms with Crippen molar-refractivity contribution in [2.24, 2.45) is 0 Å². The highest BCUT2D eigenvalue weighted by Crippen LogP contribution is 2.32. The fourth-order valence-corrected chi connectivity index (χ4v) is 1.63. The third kappa shape index (κ3) is 2.58. The normalized spacial score (nSPS) is 13.5. The first-order valence-corrected chi connectivity index (χ1v) is 5.61. The van der Waals surface area contributed by atoms with Crippen LogP contribution < -0.4 is 9.47 Å². The van der Waals surface area contributed by atoms with E-state index in [-0.39, 0.29) is 0 Å². The van der Waals surface area contributed by atoms with Crippen LogP contribution in [0.25, 0.3) is 0 Å². The van der Waals surface area contributed by atoms with Crippen LogP contribution in [0.3, 0.4) is 0 Å². The molecule has 0 saturated heterocycles. The minimum Gasteiger partial charge on any atom is -0.454 e. The number of hydrogen-bond acceptors (Lipinski definition) is 4. The van der Waals surface area contributed by atoms with Gasteiger partial charge in [0.05, 0.1) is 0 Å². The maximum absolute atomic E-state index is 5.32. The summed E-state index contributed by atoms with van der Waals surface area (Å²) in [5, 5.41) is 0. The zero-order valence-electron chi connectivity index (χ0n) is 8.77. The minimum atomic E-state index is 0.343. The summed E-state index contributed by atoms with van der Waals surface area (Å²) in [6.07, 6.45) is 1.01. The van der Waals surface area contributed by atoms with Crippen molar-refractivity contribution in [2.45, 2.75) is 6.42 Å². The summed E-state index contributed by atoms with van der Waals surface area (Å²) in [5.41, 5.74) is 1.27. The summed E-state index contributed by atoms with van der Waals surface area (Å²) in [7, 11) is 2.06. The summed E-state index contributed by atoms with van der Waals surface area (Å²) in [5.74, 6) is 2.49. The molecule has 15 heavy (non-hydrogen) atoms. The molecule has 0 unspecified atom stereocenters. The van der Waals surface area contributed by atoms with E-state index in [1.807, 2.05) is 6.07 Å². The van der Waals surface area contributed by atoms with Gasteiger partial charge in [-0.1, -0.05) is 6.07 Å². The lowest BCUT2D eigenvalue weighted by Gasteiger charge is -2.12. The van der Waals surface area contributed by atoms with E-state index in [1.54, 1.807) is 0 Å². The number of fused-ring (bicyclic) bond motifs is 1. The van der Waals surface area contributed by atoms with Gasteiger partial charge >= 0.3 is 0 Å². The molecule has 0 radical (unpaired) electrons. The van der Waals surface area contributed by atoms with Crippen LogP contribution in [-0.4, -0.2) is 31.2 Å². The van der Waals surface area contributed by atoms with Gasteiger partial charge in [-0.05, 0) is 31.2 Å². The van der Waals surface area contributed by atoms with Crippen LogP contribution in [0.15, 0.2) is 18.2 Å². The van der Waals surface area contributed by atoms with Gasteiger partial charge in [0.15, 0.2) is 11.5 Å². The maximum Gasteiger partial charge on any atom is 0.231 e. The number of benzene rings is 1. The zero-order chi connectivity index (χ0) is 10.7. The lowest BCUT2D eigenvalue weighted by Crippen LogP contribution is -2.19. The van der Waals surface area contributed by atoms with Crippen molar-refractivity contribution in [1.82, 2.24) is 4.90 Å². The fraction of sp³-hybridized carbons (Fsp3) is 0.455. The van der Waals surface area contributed by atoms with Gasteiger partial charge in [-0.25, -0.2) is 0 Å². The molecule has 1 aromatic rings. The molecule has 82 valence electrons. The molecule has 1 aliphatic heterocycles. The minimum absolute atomic E-state index is 0.343. The SMILES string of the molecule is CN(CS)CCc1ccc2c(c1)OCO2. The highest BCUT2D eigenvalue weighted by atomic mass is 32.1. The highest BCUT2D eigenvalue weighted by molar-refractivity contribution is 7.80. The van der Waals surface area contributed by atoms with E-state index in [2.05, 4.69) is 36.7 Å². The Morgan fingerprint density at radius 3 is 2.93 bits per heavy atom. The van der Waals surface area contributed by atoms with Gasteiger partial charge < -0.3 is 9.47 Å². The molecule has 0 atom stereocenters. The Bertz CT molecular complexity index is 343. The van der Waals surface area contributed by atoms with Gasteiger partial charge in [-0.15, -0.1) is 0 Å². The molecule has 0 spiro atoms. The van der Waals surface area contributed by atoms with Gasteiger partial charge in [0.25, 0.3) is 0 Å². The van der Waals surface area contributed by atoms with Crippen molar-refractivity contribution in [3.8, 4) is 11.5 Å². The van der Waals surface area contributed by atoms with Crippen LogP contribution >= 0.6 is 12.6 Å². The van der Waals surface area contributed by atoms with Crippen LogP contribution in [-0.2, 0) is 6.42 Å². The van der Waals surface area contributed by atoms with Gasteiger partial charge in [0, 0.05) is 12.4 Å². The molecule has 1 aliphatic rings. The Morgan fingerprint density at radius 2 is 2.13 bits per heavy atom. The number of rotatable bonds is 4. The van der Waals surface area contributed by atoms with E-state index in [4.69, 9.17) is 9.47 Å². The number of thiol groups is 1. The van der Waals surface area contributed by atoms with E-state index in [1.165, 1.54) is 5.56 Å². The van der Waals surface area contributed by atoms with Crippen molar-refractivity contribution in [3.05, 3.63) is 23.8 Å². The van der Waals surface area contributed by atoms with E-state index in [0.29, 0.717) is 6.79 Å². The quantitative estimate of drug-likeness (QED) is 0.623. The second-order valence-electron chi connectivity index (χ2n) is 3.66. The Balaban J connectivity index is 1.98. The van der Waals surface area contributed by atoms with Crippen molar-refractivity contribution >= 4 is 12.6 Å². The Labute approximate surface area is 95.4 Å². The van der Waals surface area contributed by atoms with E-state index in [9.17, 15) is 0 Å². The number of hydrogen-bond donors (Lipinski definition) is 1. The Morgan fingerprint density at radius 1 is 1.33 bits per heavy atom. The summed E-state index contributed by atoms with van der Waals surface area (Å²) in [6.45, 7) is 1.35. The molecular weight excluding hydrogens is 210 g/mol. The van der Waals surface area contributed by atoms with E-state index < -0.39 is 0 Å². The lowest BCUT2D eigenvalue weighted by atomic mass is 10.1. The monoisotopic (exact) mass is 225 g/mol. The molecule has 1 heterocycles. The second-order valence-corrected chi connectivity index (χ2v) is 3.94. The standard InChI is InChI=1S/C11H15NO2S/c1-12(7-15)5-4-9-2-3-10-11(6-9)14-8-13-10/h2-3,6,15H,4-5,7-8H2,1H3. The average Bonchev–Trinajstić information content (AvgIpc) is 2.72. The molecule has 2 rings (SSSR count). The fourth-order valence-electron chi connectivity index (χ4n) is 1.49. The zero-order valence-corrected chi connectivity index (χ0v) is 9.67. The first-order valence-electron chi connectivity index (χ1n) is 4.97. The number of likely N-dealkylation sites (N-methyl/N-ethyl adjacent to an activating group) is 1. The first-order chi connectivity index (χ1) is 7.29. The highest BCUT2D eigenvalue weighted by Gasteiger charge is 2.12. The third-order valence-electron chi connectivity index (χ3n) is 2.46. The molecule has 1 aromatic carbocycles. The third-order valence-corrected chi connectivity index (χ3v) is 2.94. The smallest absolute Gasteiger partial charge is 0.231 e. The molecule has 3 nitrogen and oxygen atoms in total. The molecule has 0 amide bonds. The van der Waals surface area contributed by atoms with Crippen LogP contribution in [0.1, 0.15) is 5.56 Å². The van der Waals surface area contributed by atoms with E-state index >= 15 is 0 Å². The second kappa shape index (κ2) is 4.77. The van der Waals surface area contributed by atoms with Crippen molar-refractivity contribution in [3.63, 3.8) is 0 Å². The van der Waals surface area contributed by atoms with Crippen LogP contribution in [0, 0.1) is 0 Å². The van der Waals surface area contributed by atoms with Gasteiger partial charge in [-0.3, -0.25) is 4.90 Å². The largest absolute Gasteiger partial charge is 0.454 e. The number of nitrogens with zero attached hydrogens (tertiary/aromatic N) is 1. The molecule has 0 bridgehead atoms. The van der Waals surface area contributed by atoms with Crippen molar-refractivity contribution in [2.75, 3.05) is 26.3 Å². The summed E-state index contributed by atoms with van der Waals surface area (Å²) in [6, 6.07) is 6.10. The lowest BCUT2D eigenvalue weighted by molar-refractivity contribution is 0.174. The molecule has 0 saturated carbocycles.